The topological polar surface area (TPSA) is 16.4 Å². The van der Waals surface area contributed by atoms with E-state index in [1.807, 2.05) is 0 Å². The van der Waals surface area contributed by atoms with Crippen LogP contribution in [-0.4, -0.2) is 0 Å². The summed E-state index contributed by atoms with van der Waals surface area (Å²) in [6.45, 7) is 4.46. The second-order valence-electron chi connectivity index (χ2n) is 8.84. The molecule has 4 aromatic rings. The molecule has 3 heteroatoms. The Morgan fingerprint density at radius 2 is 1.50 bits per heavy atom. The van der Waals surface area contributed by atoms with Crippen LogP contribution in [0.25, 0.3) is 21.9 Å². The van der Waals surface area contributed by atoms with Crippen molar-refractivity contribution in [1.29, 1.82) is 0 Å². The van der Waals surface area contributed by atoms with Gasteiger partial charge in [0.05, 0.1) is 34.2 Å². The number of anilines is 2. The Labute approximate surface area is 192 Å². The average molecular weight is 509 g/mol. The van der Waals surface area contributed by atoms with E-state index in [2.05, 4.69) is 100 Å². The molecule has 0 spiro atoms. The summed E-state index contributed by atoms with van der Waals surface area (Å²) in [5.74, 6) is 1.17. The maximum atomic E-state index is 6.63. The maximum absolute atomic E-state index is 6.63. The normalized spacial score (nSPS) is 15.3. The molecule has 0 N–H and O–H groups in total. The summed E-state index contributed by atoms with van der Waals surface area (Å²) in [5.41, 5.74) is 7.11. The first-order valence-corrected chi connectivity index (χ1v) is 12.1. The van der Waals surface area contributed by atoms with Gasteiger partial charge in [0.2, 0.25) is 0 Å². The van der Waals surface area contributed by atoms with Gasteiger partial charge >= 0.3 is 0 Å². The molecule has 5 rings (SSSR count). The van der Waals surface area contributed by atoms with Gasteiger partial charge < -0.3 is 4.42 Å². The molecule has 0 bridgehead atoms. The standard InChI is InChI=1S/C27H28INO/c1-18(2)19-14-16-21(17-15-19)29(28)25-13-7-12-24-23-11-6-10-22(26(23)30-27(24)25)20-8-4-3-5-9-20/h6-7,10-18,20H,3-5,8-9H2,1-2H3. The van der Waals surface area contributed by atoms with Crippen molar-refractivity contribution >= 4 is 56.2 Å². The highest BCUT2D eigenvalue weighted by molar-refractivity contribution is 14.1. The Morgan fingerprint density at radius 1 is 0.833 bits per heavy atom. The molecule has 2 nitrogen and oxygen atoms in total. The van der Waals surface area contributed by atoms with Gasteiger partial charge in [0, 0.05) is 10.8 Å². The van der Waals surface area contributed by atoms with Crippen LogP contribution in [0.5, 0.6) is 0 Å². The molecule has 3 aromatic carbocycles. The monoisotopic (exact) mass is 509 g/mol. The summed E-state index contributed by atoms with van der Waals surface area (Å²) < 4.78 is 8.84. The van der Waals surface area contributed by atoms with Crippen molar-refractivity contribution in [2.45, 2.75) is 57.8 Å². The lowest BCUT2D eigenvalue weighted by Crippen LogP contribution is -2.04. The van der Waals surface area contributed by atoms with Crippen LogP contribution in [0, 0.1) is 0 Å². The molecule has 0 amide bonds. The second-order valence-corrected chi connectivity index (χ2v) is 9.81. The largest absolute Gasteiger partial charge is 0.454 e. The van der Waals surface area contributed by atoms with Crippen LogP contribution in [0.2, 0.25) is 0 Å². The summed E-state index contributed by atoms with van der Waals surface area (Å²) in [6.07, 6.45) is 6.60. The number of fused-ring (bicyclic) bond motifs is 3. The Morgan fingerprint density at radius 3 is 2.20 bits per heavy atom. The molecule has 0 unspecified atom stereocenters. The van der Waals surface area contributed by atoms with Crippen LogP contribution in [0.15, 0.2) is 65.1 Å². The lowest BCUT2D eigenvalue weighted by Gasteiger charge is -2.21. The van der Waals surface area contributed by atoms with Crippen LogP contribution in [0.4, 0.5) is 11.4 Å². The summed E-state index contributed by atoms with van der Waals surface area (Å²) in [5, 5.41) is 2.45. The fourth-order valence-electron chi connectivity index (χ4n) is 4.85. The van der Waals surface area contributed by atoms with E-state index >= 15 is 0 Å². The van der Waals surface area contributed by atoms with Crippen molar-refractivity contribution in [1.82, 2.24) is 0 Å². The minimum absolute atomic E-state index is 0.540. The smallest absolute Gasteiger partial charge is 0.159 e. The van der Waals surface area contributed by atoms with E-state index in [1.54, 1.807) is 0 Å². The van der Waals surface area contributed by atoms with Crippen LogP contribution in [-0.2, 0) is 0 Å². The van der Waals surface area contributed by atoms with Gasteiger partial charge in [-0.3, -0.25) is 3.11 Å². The fraction of sp³-hybridized carbons (Fsp3) is 0.333. The summed E-state index contributed by atoms with van der Waals surface area (Å²) in [7, 11) is 0. The Kier molecular flexibility index (Phi) is 5.48. The molecular weight excluding hydrogens is 481 g/mol. The quantitative estimate of drug-likeness (QED) is 0.201. The van der Waals surface area contributed by atoms with Gasteiger partial charge in [0.1, 0.15) is 5.58 Å². The summed E-state index contributed by atoms with van der Waals surface area (Å²) in [4.78, 5) is 0. The number of nitrogens with zero attached hydrogens (tertiary/aromatic N) is 1. The number of hydrogen-bond acceptors (Lipinski definition) is 2. The van der Waals surface area contributed by atoms with Gasteiger partial charge in [-0.15, -0.1) is 0 Å². The third-order valence-corrected chi connectivity index (χ3v) is 7.65. The van der Waals surface area contributed by atoms with Crippen molar-refractivity contribution in [2.75, 3.05) is 3.11 Å². The predicted molar refractivity (Wildman–Crippen MR) is 136 cm³/mol. The highest BCUT2D eigenvalue weighted by atomic mass is 127. The lowest BCUT2D eigenvalue weighted by atomic mass is 9.83. The number of rotatable bonds is 4. The molecule has 1 aliphatic rings. The molecule has 1 fully saturated rings. The lowest BCUT2D eigenvalue weighted by molar-refractivity contribution is 0.442. The van der Waals surface area contributed by atoms with E-state index in [0.717, 1.165) is 16.9 Å². The van der Waals surface area contributed by atoms with E-state index in [1.165, 1.54) is 59.7 Å². The molecule has 1 heterocycles. The molecule has 1 saturated carbocycles. The number of hydrogen-bond donors (Lipinski definition) is 0. The van der Waals surface area contributed by atoms with Crippen LogP contribution < -0.4 is 3.11 Å². The first-order valence-electron chi connectivity index (χ1n) is 11.1. The molecule has 154 valence electrons. The zero-order valence-electron chi connectivity index (χ0n) is 17.7. The van der Waals surface area contributed by atoms with Crippen molar-refractivity contribution < 1.29 is 4.42 Å². The number of halogens is 1. The highest BCUT2D eigenvalue weighted by Crippen LogP contribution is 2.43. The Hall–Kier alpha value is -2.01. The number of furan rings is 1. The minimum atomic E-state index is 0.540. The van der Waals surface area contributed by atoms with Gasteiger partial charge in [0.15, 0.2) is 5.58 Å². The SMILES string of the molecule is CC(C)c1ccc(N(I)c2cccc3c2oc2c(C4CCCCC4)cccc23)cc1. The zero-order chi connectivity index (χ0) is 20.7. The van der Waals surface area contributed by atoms with Gasteiger partial charge in [-0.2, -0.15) is 0 Å². The van der Waals surface area contributed by atoms with E-state index < -0.39 is 0 Å². The van der Waals surface area contributed by atoms with Gasteiger partial charge in [-0.05, 0) is 54.0 Å². The van der Waals surface area contributed by atoms with Crippen LogP contribution >= 0.6 is 22.9 Å². The van der Waals surface area contributed by atoms with E-state index in [9.17, 15) is 0 Å². The molecule has 0 radical (unpaired) electrons. The summed E-state index contributed by atoms with van der Waals surface area (Å²) in [6, 6.07) is 22.1. The zero-order valence-corrected chi connectivity index (χ0v) is 19.9. The van der Waals surface area contributed by atoms with E-state index in [0.29, 0.717) is 11.8 Å². The van der Waals surface area contributed by atoms with E-state index in [-0.39, 0.29) is 0 Å². The second kappa shape index (κ2) is 8.26. The van der Waals surface area contributed by atoms with E-state index in [4.69, 9.17) is 4.42 Å². The van der Waals surface area contributed by atoms with Crippen LogP contribution in [0.3, 0.4) is 0 Å². The van der Waals surface area contributed by atoms with Crippen LogP contribution in [0.1, 0.15) is 68.9 Å². The van der Waals surface area contributed by atoms with Gasteiger partial charge in [0.25, 0.3) is 0 Å². The number of benzene rings is 3. The highest BCUT2D eigenvalue weighted by Gasteiger charge is 2.22. The number of para-hydroxylation sites is 2. The molecule has 1 aromatic heterocycles. The summed E-state index contributed by atoms with van der Waals surface area (Å²) >= 11 is 2.40. The van der Waals surface area contributed by atoms with Gasteiger partial charge in [-0.1, -0.05) is 75.6 Å². The molecule has 30 heavy (non-hydrogen) atoms. The third-order valence-electron chi connectivity index (χ3n) is 6.58. The Bertz CT molecular complexity index is 1170. The third kappa shape index (κ3) is 3.51. The maximum Gasteiger partial charge on any atom is 0.159 e. The first-order chi connectivity index (χ1) is 14.6. The van der Waals surface area contributed by atoms with Crippen molar-refractivity contribution in [3.63, 3.8) is 0 Å². The van der Waals surface area contributed by atoms with Crippen molar-refractivity contribution in [2.24, 2.45) is 0 Å². The van der Waals surface area contributed by atoms with Crippen molar-refractivity contribution in [3.05, 3.63) is 71.8 Å². The molecule has 0 aliphatic heterocycles. The molecule has 1 aliphatic carbocycles. The molecule has 0 atom stereocenters. The van der Waals surface area contributed by atoms with Gasteiger partial charge in [-0.25, -0.2) is 0 Å². The average Bonchev–Trinajstić information content (AvgIpc) is 3.18. The first kappa shape index (κ1) is 19.9. The molecular formula is C27H28INO. The van der Waals surface area contributed by atoms with Crippen molar-refractivity contribution in [3.8, 4) is 0 Å². The fourth-order valence-corrected chi connectivity index (χ4v) is 5.55. The Balaban J connectivity index is 1.61. The predicted octanol–water partition coefficient (Wildman–Crippen LogP) is 9.25. The minimum Gasteiger partial charge on any atom is -0.454 e. The molecule has 0 saturated heterocycles.